The van der Waals surface area contributed by atoms with Gasteiger partial charge in [-0.15, -0.1) is 13.2 Å². The van der Waals surface area contributed by atoms with E-state index >= 15 is 0 Å². The molecule has 0 heterocycles. The topological polar surface area (TPSA) is 35.2 Å². The molecule has 2 nitrogen and oxygen atoms in total. The van der Waals surface area contributed by atoms with Crippen molar-refractivity contribution in [2.24, 2.45) is 5.73 Å². The molecule has 21 heavy (non-hydrogen) atoms. The van der Waals surface area contributed by atoms with Gasteiger partial charge < -0.3 is 10.5 Å². The number of halogens is 4. The third kappa shape index (κ3) is 4.37. The van der Waals surface area contributed by atoms with E-state index in [4.69, 9.17) is 17.3 Å². The molecule has 0 atom stereocenters. The van der Waals surface area contributed by atoms with Gasteiger partial charge in [0.05, 0.1) is 0 Å². The zero-order valence-corrected chi connectivity index (χ0v) is 11.7. The third-order valence-corrected chi connectivity index (χ3v) is 3.24. The molecular formula is C15H13ClF3NO. The van der Waals surface area contributed by atoms with Crippen LogP contribution in [0.1, 0.15) is 5.56 Å². The van der Waals surface area contributed by atoms with E-state index in [0.29, 0.717) is 18.0 Å². The van der Waals surface area contributed by atoms with Gasteiger partial charge in [0.15, 0.2) is 0 Å². The van der Waals surface area contributed by atoms with E-state index in [1.807, 2.05) is 12.1 Å². The summed E-state index contributed by atoms with van der Waals surface area (Å²) in [5.41, 5.74) is 8.00. The van der Waals surface area contributed by atoms with Crippen LogP contribution >= 0.6 is 11.6 Å². The molecule has 112 valence electrons. The van der Waals surface area contributed by atoms with Crippen LogP contribution in [-0.2, 0) is 6.42 Å². The highest BCUT2D eigenvalue weighted by Crippen LogP contribution is 2.29. The summed E-state index contributed by atoms with van der Waals surface area (Å²) in [6.45, 7) is 0.503. The first-order valence-corrected chi connectivity index (χ1v) is 6.61. The van der Waals surface area contributed by atoms with E-state index < -0.39 is 6.36 Å². The van der Waals surface area contributed by atoms with Gasteiger partial charge >= 0.3 is 6.36 Å². The van der Waals surface area contributed by atoms with E-state index in [2.05, 4.69) is 4.74 Å². The molecule has 0 amide bonds. The molecule has 0 bridgehead atoms. The van der Waals surface area contributed by atoms with Gasteiger partial charge in [0, 0.05) is 5.02 Å². The molecule has 0 aliphatic heterocycles. The van der Waals surface area contributed by atoms with Crippen molar-refractivity contribution < 1.29 is 17.9 Å². The molecule has 2 aromatic carbocycles. The van der Waals surface area contributed by atoms with Crippen molar-refractivity contribution in [3.8, 4) is 16.9 Å². The van der Waals surface area contributed by atoms with Gasteiger partial charge in [-0.2, -0.15) is 0 Å². The van der Waals surface area contributed by atoms with E-state index in [-0.39, 0.29) is 5.75 Å². The summed E-state index contributed by atoms with van der Waals surface area (Å²) in [5.74, 6) is -0.253. The van der Waals surface area contributed by atoms with Gasteiger partial charge in [-0.1, -0.05) is 35.9 Å². The highest BCUT2D eigenvalue weighted by Gasteiger charge is 2.30. The Morgan fingerprint density at radius 1 is 1.00 bits per heavy atom. The lowest BCUT2D eigenvalue weighted by atomic mass is 10.0. The molecule has 0 aromatic heterocycles. The van der Waals surface area contributed by atoms with E-state index in [1.54, 1.807) is 18.2 Å². The molecule has 0 aliphatic rings. The summed E-state index contributed by atoms with van der Waals surface area (Å²) in [5, 5.41) is 0.591. The lowest BCUT2D eigenvalue weighted by Gasteiger charge is -2.10. The van der Waals surface area contributed by atoms with Crippen LogP contribution in [0.15, 0.2) is 42.5 Å². The van der Waals surface area contributed by atoms with Gasteiger partial charge in [0.2, 0.25) is 0 Å². The molecule has 0 aliphatic carbocycles. The van der Waals surface area contributed by atoms with Crippen LogP contribution < -0.4 is 10.5 Å². The molecule has 2 rings (SSSR count). The number of hydrogen-bond acceptors (Lipinski definition) is 2. The maximum absolute atomic E-state index is 12.1. The minimum Gasteiger partial charge on any atom is -0.406 e. The predicted octanol–water partition coefficient (Wildman–Crippen LogP) is 4.41. The van der Waals surface area contributed by atoms with Crippen LogP contribution in [0.2, 0.25) is 5.02 Å². The predicted molar refractivity (Wildman–Crippen MR) is 76.3 cm³/mol. The second kappa shape index (κ2) is 6.37. The highest BCUT2D eigenvalue weighted by molar-refractivity contribution is 6.31. The minimum absolute atomic E-state index is 0.253. The Labute approximate surface area is 125 Å². The van der Waals surface area contributed by atoms with Crippen LogP contribution in [0.3, 0.4) is 0 Å². The molecule has 0 saturated carbocycles. The second-order valence-corrected chi connectivity index (χ2v) is 4.82. The standard InChI is InChI=1S/C15H13ClF3NO/c16-14-9-12(2-1-11(14)7-8-20)10-3-5-13(6-4-10)21-15(17,18)19/h1-6,9H,7-8,20H2. The van der Waals surface area contributed by atoms with Crippen molar-refractivity contribution >= 4 is 11.6 Å². The van der Waals surface area contributed by atoms with Crippen molar-refractivity contribution in [1.29, 1.82) is 0 Å². The van der Waals surface area contributed by atoms with Crippen molar-refractivity contribution in [1.82, 2.24) is 0 Å². The molecule has 0 unspecified atom stereocenters. The first kappa shape index (κ1) is 15.7. The third-order valence-electron chi connectivity index (χ3n) is 2.89. The number of hydrogen-bond donors (Lipinski definition) is 1. The van der Waals surface area contributed by atoms with Gasteiger partial charge in [-0.25, -0.2) is 0 Å². The van der Waals surface area contributed by atoms with E-state index in [9.17, 15) is 13.2 Å². The fraction of sp³-hybridized carbons (Fsp3) is 0.200. The molecule has 0 radical (unpaired) electrons. The Balaban J connectivity index is 2.21. The summed E-state index contributed by atoms with van der Waals surface area (Å²) in [4.78, 5) is 0. The summed E-state index contributed by atoms with van der Waals surface area (Å²) in [6.07, 6.45) is -4.01. The smallest absolute Gasteiger partial charge is 0.406 e. The summed E-state index contributed by atoms with van der Waals surface area (Å²) < 4.78 is 40.1. The lowest BCUT2D eigenvalue weighted by Crippen LogP contribution is -2.16. The monoisotopic (exact) mass is 315 g/mol. The summed E-state index contributed by atoms with van der Waals surface area (Å²) >= 11 is 6.15. The Bertz CT molecular complexity index is 611. The van der Waals surface area contributed by atoms with Crippen molar-refractivity contribution in [3.63, 3.8) is 0 Å². The highest BCUT2D eigenvalue weighted by atomic mass is 35.5. The fourth-order valence-electron chi connectivity index (χ4n) is 1.93. The van der Waals surface area contributed by atoms with Crippen molar-refractivity contribution in [3.05, 3.63) is 53.1 Å². The van der Waals surface area contributed by atoms with Crippen LogP contribution in [0.5, 0.6) is 5.75 Å². The van der Waals surface area contributed by atoms with Gasteiger partial charge in [-0.3, -0.25) is 0 Å². The molecule has 2 aromatic rings. The first-order chi connectivity index (χ1) is 9.89. The van der Waals surface area contributed by atoms with Crippen LogP contribution in [-0.4, -0.2) is 12.9 Å². The van der Waals surface area contributed by atoms with Crippen LogP contribution in [0.25, 0.3) is 11.1 Å². The average molecular weight is 316 g/mol. The quantitative estimate of drug-likeness (QED) is 0.907. The Hall–Kier alpha value is -1.72. The van der Waals surface area contributed by atoms with Crippen molar-refractivity contribution in [2.75, 3.05) is 6.54 Å². The minimum atomic E-state index is -4.69. The van der Waals surface area contributed by atoms with Crippen LogP contribution in [0, 0.1) is 0 Å². The number of ether oxygens (including phenoxy) is 1. The Morgan fingerprint density at radius 2 is 1.62 bits per heavy atom. The van der Waals surface area contributed by atoms with Crippen LogP contribution in [0.4, 0.5) is 13.2 Å². The molecule has 6 heteroatoms. The second-order valence-electron chi connectivity index (χ2n) is 4.42. The molecular weight excluding hydrogens is 303 g/mol. The Morgan fingerprint density at radius 3 is 2.14 bits per heavy atom. The summed E-state index contributed by atoms with van der Waals surface area (Å²) in [7, 11) is 0. The maximum atomic E-state index is 12.1. The summed E-state index contributed by atoms with van der Waals surface area (Å²) in [6, 6.07) is 11.1. The first-order valence-electron chi connectivity index (χ1n) is 6.24. The zero-order chi connectivity index (χ0) is 15.5. The Kier molecular flexibility index (Phi) is 4.75. The molecule has 0 spiro atoms. The molecule has 0 fully saturated rings. The zero-order valence-electron chi connectivity index (χ0n) is 11.0. The number of alkyl halides is 3. The molecule has 0 saturated heterocycles. The van der Waals surface area contributed by atoms with Gasteiger partial charge in [0.25, 0.3) is 0 Å². The SMILES string of the molecule is NCCc1ccc(-c2ccc(OC(F)(F)F)cc2)cc1Cl. The number of benzene rings is 2. The average Bonchev–Trinajstić information content (AvgIpc) is 2.40. The lowest BCUT2D eigenvalue weighted by molar-refractivity contribution is -0.274. The number of nitrogens with two attached hydrogens (primary N) is 1. The normalized spacial score (nSPS) is 11.5. The van der Waals surface area contributed by atoms with E-state index in [0.717, 1.165) is 16.7 Å². The van der Waals surface area contributed by atoms with E-state index in [1.165, 1.54) is 12.1 Å². The van der Waals surface area contributed by atoms with Gasteiger partial charge in [-0.05, 0) is 47.9 Å². The van der Waals surface area contributed by atoms with Crippen molar-refractivity contribution in [2.45, 2.75) is 12.8 Å². The fourth-order valence-corrected chi connectivity index (χ4v) is 2.21. The maximum Gasteiger partial charge on any atom is 0.573 e. The number of rotatable bonds is 4. The largest absolute Gasteiger partial charge is 0.573 e. The van der Waals surface area contributed by atoms with Gasteiger partial charge in [0.1, 0.15) is 5.75 Å². The molecule has 2 N–H and O–H groups in total.